The van der Waals surface area contributed by atoms with Crippen LogP contribution in [0.5, 0.6) is 0 Å². The summed E-state index contributed by atoms with van der Waals surface area (Å²) >= 11 is 1.73. The summed E-state index contributed by atoms with van der Waals surface area (Å²) in [5.41, 5.74) is 3.62. The zero-order valence-corrected chi connectivity index (χ0v) is 15.7. The Labute approximate surface area is 163 Å². The quantitative estimate of drug-likeness (QED) is 0.618. The first kappa shape index (κ1) is 17.6. The van der Waals surface area contributed by atoms with Crippen molar-refractivity contribution >= 4 is 34.1 Å². The maximum absolute atomic E-state index is 13.1. The number of anilines is 1. The molecule has 0 unspecified atom stereocenters. The van der Waals surface area contributed by atoms with E-state index >= 15 is 0 Å². The Balaban J connectivity index is 1.58. The van der Waals surface area contributed by atoms with E-state index in [9.17, 15) is 4.79 Å². The standard InChI is InChI=1S/C23H20N2OS/c26-23-20-13-7-8-14-21(20)24-22(17-25(23)19-11-5-2-6-12-19)27-16-15-18-9-3-1-4-10-18/h1-14H,15-17H2. The molecule has 3 nitrogen and oxygen atoms in total. The smallest absolute Gasteiger partial charge is 0.260 e. The van der Waals surface area contributed by atoms with Gasteiger partial charge in [0.15, 0.2) is 0 Å². The molecule has 0 spiro atoms. The molecule has 0 aromatic heterocycles. The lowest BCUT2D eigenvalue weighted by molar-refractivity contribution is 0.0992. The van der Waals surface area contributed by atoms with Crippen molar-refractivity contribution in [1.82, 2.24) is 0 Å². The number of fused-ring (bicyclic) bond motifs is 1. The van der Waals surface area contributed by atoms with E-state index < -0.39 is 0 Å². The lowest BCUT2D eigenvalue weighted by Gasteiger charge is -2.21. The number of rotatable bonds is 4. The van der Waals surface area contributed by atoms with Gasteiger partial charge in [0.05, 0.1) is 22.8 Å². The molecule has 1 aliphatic rings. The molecule has 4 heteroatoms. The molecular formula is C23H20N2OS. The number of aliphatic imine (C=N–C) groups is 1. The fourth-order valence-corrected chi connectivity index (χ4v) is 4.06. The zero-order valence-electron chi connectivity index (χ0n) is 14.9. The van der Waals surface area contributed by atoms with E-state index in [1.54, 1.807) is 11.8 Å². The van der Waals surface area contributed by atoms with E-state index in [0.29, 0.717) is 12.1 Å². The van der Waals surface area contributed by atoms with Crippen LogP contribution in [0.3, 0.4) is 0 Å². The average Bonchev–Trinajstić information content (AvgIpc) is 2.86. The van der Waals surface area contributed by atoms with Gasteiger partial charge in [-0.15, -0.1) is 11.8 Å². The van der Waals surface area contributed by atoms with Crippen molar-refractivity contribution < 1.29 is 4.79 Å². The van der Waals surface area contributed by atoms with E-state index in [-0.39, 0.29) is 5.91 Å². The molecule has 0 fully saturated rings. The SMILES string of the molecule is O=C1c2ccccc2N=C(SCCc2ccccc2)CN1c1ccccc1. The summed E-state index contributed by atoms with van der Waals surface area (Å²) in [7, 11) is 0. The average molecular weight is 372 g/mol. The predicted molar refractivity (Wildman–Crippen MR) is 114 cm³/mol. The van der Waals surface area contributed by atoms with Gasteiger partial charge in [-0.05, 0) is 36.2 Å². The molecule has 0 bridgehead atoms. The third kappa shape index (κ3) is 4.12. The highest BCUT2D eigenvalue weighted by Crippen LogP contribution is 2.29. The van der Waals surface area contributed by atoms with Crippen LogP contribution < -0.4 is 4.90 Å². The molecule has 1 amide bonds. The Morgan fingerprint density at radius 3 is 2.30 bits per heavy atom. The molecule has 0 radical (unpaired) electrons. The van der Waals surface area contributed by atoms with Crippen molar-refractivity contribution in [3.63, 3.8) is 0 Å². The minimum Gasteiger partial charge on any atom is -0.302 e. The molecule has 1 heterocycles. The first-order valence-corrected chi connectivity index (χ1v) is 10.00. The highest BCUT2D eigenvalue weighted by Gasteiger charge is 2.25. The molecule has 27 heavy (non-hydrogen) atoms. The van der Waals surface area contributed by atoms with E-state index in [4.69, 9.17) is 4.99 Å². The van der Waals surface area contributed by atoms with Crippen molar-refractivity contribution in [2.24, 2.45) is 4.99 Å². The van der Waals surface area contributed by atoms with Gasteiger partial charge in [-0.1, -0.05) is 60.7 Å². The first-order chi connectivity index (χ1) is 13.3. The van der Waals surface area contributed by atoms with Gasteiger partial charge in [0.1, 0.15) is 0 Å². The van der Waals surface area contributed by atoms with Gasteiger partial charge >= 0.3 is 0 Å². The van der Waals surface area contributed by atoms with Crippen LogP contribution in [0.4, 0.5) is 11.4 Å². The van der Waals surface area contributed by atoms with Crippen molar-refractivity contribution in [3.8, 4) is 0 Å². The monoisotopic (exact) mass is 372 g/mol. The summed E-state index contributed by atoms with van der Waals surface area (Å²) in [6.07, 6.45) is 0.978. The highest BCUT2D eigenvalue weighted by atomic mass is 32.2. The second-order valence-electron chi connectivity index (χ2n) is 6.33. The third-order valence-electron chi connectivity index (χ3n) is 4.49. The lowest BCUT2D eigenvalue weighted by Crippen LogP contribution is -2.33. The summed E-state index contributed by atoms with van der Waals surface area (Å²) in [6, 6.07) is 27.9. The largest absolute Gasteiger partial charge is 0.302 e. The number of hydrogen-bond acceptors (Lipinski definition) is 3. The molecule has 0 N–H and O–H groups in total. The third-order valence-corrected chi connectivity index (χ3v) is 5.45. The Hall–Kier alpha value is -2.85. The molecule has 0 atom stereocenters. The molecule has 0 saturated heterocycles. The molecule has 0 saturated carbocycles. The van der Waals surface area contributed by atoms with Crippen LogP contribution in [-0.2, 0) is 6.42 Å². The molecule has 134 valence electrons. The molecule has 1 aliphatic heterocycles. The number of carbonyl (C=O) groups excluding carboxylic acids is 1. The van der Waals surface area contributed by atoms with Gasteiger partial charge < -0.3 is 4.90 Å². The molecular weight excluding hydrogens is 352 g/mol. The van der Waals surface area contributed by atoms with Crippen LogP contribution in [0.1, 0.15) is 15.9 Å². The van der Waals surface area contributed by atoms with Gasteiger partial charge in [-0.3, -0.25) is 4.79 Å². The number of nitrogens with zero attached hydrogens (tertiary/aromatic N) is 2. The second-order valence-corrected chi connectivity index (χ2v) is 7.50. The minimum absolute atomic E-state index is 0.000732. The Kier molecular flexibility index (Phi) is 5.35. The van der Waals surface area contributed by atoms with E-state index in [1.807, 2.05) is 65.6 Å². The minimum atomic E-state index is -0.000732. The van der Waals surface area contributed by atoms with Gasteiger partial charge in [0, 0.05) is 11.4 Å². The fraction of sp³-hybridized carbons (Fsp3) is 0.130. The normalized spacial score (nSPS) is 13.7. The van der Waals surface area contributed by atoms with Crippen LogP contribution in [0, 0.1) is 0 Å². The lowest BCUT2D eigenvalue weighted by atomic mass is 10.1. The fourth-order valence-electron chi connectivity index (χ4n) is 3.10. The summed E-state index contributed by atoms with van der Waals surface area (Å²) in [6.45, 7) is 0.497. The first-order valence-electron chi connectivity index (χ1n) is 9.01. The number of amides is 1. The van der Waals surface area contributed by atoms with E-state index in [2.05, 4.69) is 24.3 Å². The maximum atomic E-state index is 13.1. The summed E-state index contributed by atoms with van der Waals surface area (Å²) in [5, 5.41) is 0.966. The van der Waals surface area contributed by atoms with Crippen molar-refractivity contribution in [3.05, 3.63) is 96.1 Å². The number of carbonyl (C=O) groups is 1. The van der Waals surface area contributed by atoms with Crippen LogP contribution in [0.25, 0.3) is 0 Å². The molecule has 3 aromatic carbocycles. The second kappa shape index (κ2) is 8.23. The van der Waals surface area contributed by atoms with Gasteiger partial charge in [-0.25, -0.2) is 4.99 Å². The van der Waals surface area contributed by atoms with Crippen molar-refractivity contribution in [2.75, 3.05) is 17.2 Å². The van der Waals surface area contributed by atoms with E-state index in [0.717, 1.165) is 28.6 Å². The topological polar surface area (TPSA) is 32.7 Å². The van der Waals surface area contributed by atoms with Gasteiger partial charge in [-0.2, -0.15) is 0 Å². The van der Waals surface area contributed by atoms with Gasteiger partial charge in [0.25, 0.3) is 5.91 Å². The number of hydrogen-bond donors (Lipinski definition) is 0. The summed E-state index contributed by atoms with van der Waals surface area (Å²) in [5.74, 6) is 0.932. The van der Waals surface area contributed by atoms with Crippen molar-refractivity contribution in [2.45, 2.75) is 6.42 Å². The number of benzene rings is 3. The van der Waals surface area contributed by atoms with Crippen LogP contribution in [-0.4, -0.2) is 23.2 Å². The number of aryl methyl sites for hydroxylation is 1. The molecule has 0 aliphatic carbocycles. The summed E-state index contributed by atoms with van der Waals surface area (Å²) in [4.78, 5) is 19.8. The molecule has 4 rings (SSSR count). The Bertz CT molecular complexity index is 954. The molecule has 3 aromatic rings. The predicted octanol–water partition coefficient (Wildman–Crippen LogP) is 5.35. The zero-order chi connectivity index (χ0) is 18.5. The Morgan fingerprint density at radius 2 is 1.52 bits per heavy atom. The number of thioether (sulfide) groups is 1. The van der Waals surface area contributed by atoms with E-state index in [1.165, 1.54) is 5.56 Å². The van der Waals surface area contributed by atoms with Crippen molar-refractivity contribution in [1.29, 1.82) is 0 Å². The number of para-hydroxylation sites is 2. The van der Waals surface area contributed by atoms with Gasteiger partial charge in [0.2, 0.25) is 0 Å². The van der Waals surface area contributed by atoms with Crippen LogP contribution in [0.2, 0.25) is 0 Å². The Morgan fingerprint density at radius 1 is 0.852 bits per heavy atom. The van der Waals surface area contributed by atoms with Crippen LogP contribution in [0.15, 0.2) is 89.9 Å². The summed E-state index contributed by atoms with van der Waals surface area (Å²) < 4.78 is 0. The van der Waals surface area contributed by atoms with Crippen LogP contribution >= 0.6 is 11.8 Å². The highest BCUT2D eigenvalue weighted by molar-refractivity contribution is 8.14. The maximum Gasteiger partial charge on any atom is 0.260 e.